The Hall–Kier alpha value is -0.910. The third-order valence-electron chi connectivity index (χ3n) is 2.94. The van der Waals surface area contributed by atoms with Gasteiger partial charge in [0.1, 0.15) is 9.84 Å². The van der Waals surface area contributed by atoms with Crippen LogP contribution in [0.3, 0.4) is 0 Å². The van der Waals surface area contributed by atoms with Crippen molar-refractivity contribution in [3.05, 3.63) is 35.4 Å². The monoisotopic (exact) mass is 271 g/mol. The summed E-state index contributed by atoms with van der Waals surface area (Å²) in [6.45, 7) is 3.69. The quantitative estimate of drug-likeness (QED) is 0.837. The van der Waals surface area contributed by atoms with E-state index in [1.807, 2.05) is 38.1 Å². The Balaban J connectivity index is 2.97. The van der Waals surface area contributed by atoms with E-state index >= 15 is 0 Å². The van der Waals surface area contributed by atoms with Crippen LogP contribution in [0, 0.1) is 0 Å². The summed E-state index contributed by atoms with van der Waals surface area (Å²) in [6.07, 6.45) is 1.24. The fourth-order valence-electron chi connectivity index (χ4n) is 2.03. The van der Waals surface area contributed by atoms with Crippen molar-refractivity contribution < 1.29 is 13.5 Å². The minimum absolute atomic E-state index is 0.103. The predicted octanol–water partition coefficient (Wildman–Crippen LogP) is 1.00. The first-order chi connectivity index (χ1) is 8.15. The normalized spacial score (nSPS) is 14.5. The van der Waals surface area contributed by atoms with Crippen LogP contribution in [0.25, 0.3) is 0 Å². The molecule has 0 spiro atoms. The van der Waals surface area contributed by atoms with Crippen molar-refractivity contribution in [1.29, 1.82) is 0 Å². The molecule has 0 saturated carbocycles. The van der Waals surface area contributed by atoms with Crippen molar-refractivity contribution in [2.75, 3.05) is 18.6 Å². The zero-order valence-corrected chi connectivity index (χ0v) is 11.9. The van der Waals surface area contributed by atoms with Gasteiger partial charge in [-0.25, -0.2) is 8.42 Å². The smallest absolute Gasteiger partial charge is 0.148 e. The van der Waals surface area contributed by atoms with Crippen LogP contribution >= 0.6 is 0 Å². The molecular formula is C13H21NO3S. The number of rotatable bonds is 5. The molecule has 0 aromatic heterocycles. The first-order valence-corrected chi connectivity index (χ1v) is 7.86. The molecule has 3 N–H and O–H groups in total. The molecule has 18 heavy (non-hydrogen) atoms. The summed E-state index contributed by atoms with van der Waals surface area (Å²) in [5.74, 6) is 0.103. The van der Waals surface area contributed by atoms with Crippen LogP contribution in [0.1, 0.15) is 31.0 Å². The molecule has 1 atom stereocenters. The van der Waals surface area contributed by atoms with E-state index in [0.717, 1.165) is 11.1 Å². The summed E-state index contributed by atoms with van der Waals surface area (Å²) >= 11 is 0. The number of aliphatic hydroxyl groups is 1. The Labute approximate surface area is 109 Å². The van der Waals surface area contributed by atoms with E-state index in [4.69, 9.17) is 10.8 Å². The Kier molecular flexibility index (Phi) is 4.53. The van der Waals surface area contributed by atoms with Crippen LogP contribution in [0.15, 0.2) is 24.3 Å². The van der Waals surface area contributed by atoms with Crippen LogP contribution in [0.2, 0.25) is 0 Å². The molecular weight excluding hydrogens is 250 g/mol. The minimum Gasteiger partial charge on any atom is -0.394 e. The second-order valence-electron chi connectivity index (χ2n) is 5.37. The summed E-state index contributed by atoms with van der Waals surface area (Å²) in [5, 5.41) is 8.97. The van der Waals surface area contributed by atoms with E-state index in [1.54, 1.807) is 0 Å². The molecule has 0 aliphatic heterocycles. The molecule has 0 fully saturated rings. The average molecular weight is 271 g/mol. The van der Waals surface area contributed by atoms with Crippen LogP contribution in [0.5, 0.6) is 0 Å². The molecule has 1 aromatic rings. The standard InChI is InChI=1S/C13H21NO3S/c1-13(2,9-18(3,16)17)11-6-4-10(5-7-11)12(14)8-15/h4-7,12,15H,8-9,14H2,1-3H3. The summed E-state index contributed by atoms with van der Waals surface area (Å²) in [5.41, 5.74) is 7.06. The molecule has 1 unspecified atom stereocenters. The van der Waals surface area contributed by atoms with E-state index in [0.29, 0.717) is 0 Å². The molecule has 5 heteroatoms. The maximum Gasteiger partial charge on any atom is 0.148 e. The highest BCUT2D eigenvalue weighted by Gasteiger charge is 2.25. The molecule has 1 rings (SSSR count). The lowest BCUT2D eigenvalue weighted by atomic mass is 9.86. The third kappa shape index (κ3) is 4.08. The summed E-state index contributed by atoms with van der Waals surface area (Å²) in [4.78, 5) is 0. The number of hydrogen-bond donors (Lipinski definition) is 2. The second kappa shape index (κ2) is 5.38. The van der Waals surface area contributed by atoms with Gasteiger partial charge in [0.25, 0.3) is 0 Å². The maximum atomic E-state index is 11.4. The van der Waals surface area contributed by atoms with Gasteiger partial charge >= 0.3 is 0 Å². The summed E-state index contributed by atoms with van der Waals surface area (Å²) in [6, 6.07) is 7.02. The molecule has 0 saturated heterocycles. The van der Waals surface area contributed by atoms with Gasteiger partial charge in [0, 0.05) is 11.7 Å². The zero-order chi connectivity index (χ0) is 14.0. The Morgan fingerprint density at radius 3 is 2.17 bits per heavy atom. The van der Waals surface area contributed by atoms with Gasteiger partial charge in [-0.15, -0.1) is 0 Å². The van der Waals surface area contributed by atoms with Crippen molar-refractivity contribution in [2.24, 2.45) is 5.73 Å². The number of nitrogens with two attached hydrogens (primary N) is 1. The van der Waals surface area contributed by atoms with E-state index in [1.165, 1.54) is 6.26 Å². The van der Waals surface area contributed by atoms with Gasteiger partial charge in [-0.05, 0) is 11.1 Å². The fourth-order valence-corrected chi connectivity index (χ4v) is 3.50. The number of hydrogen-bond acceptors (Lipinski definition) is 4. The second-order valence-corrected chi connectivity index (χ2v) is 7.51. The highest BCUT2D eigenvalue weighted by Crippen LogP contribution is 2.26. The van der Waals surface area contributed by atoms with E-state index in [2.05, 4.69) is 0 Å². The first-order valence-electron chi connectivity index (χ1n) is 5.80. The summed E-state index contributed by atoms with van der Waals surface area (Å²) in [7, 11) is -3.03. The Morgan fingerprint density at radius 2 is 1.78 bits per heavy atom. The third-order valence-corrected chi connectivity index (χ3v) is 4.19. The molecule has 1 aromatic carbocycles. The maximum absolute atomic E-state index is 11.4. The lowest BCUT2D eigenvalue weighted by molar-refractivity contribution is 0.268. The predicted molar refractivity (Wildman–Crippen MR) is 73.2 cm³/mol. The van der Waals surface area contributed by atoms with Gasteiger partial charge in [0.2, 0.25) is 0 Å². The van der Waals surface area contributed by atoms with Gasteiger partial charge < -0.3 is 10.8 Å². The molecule has 0 amide bonds. The minimum atomic E-state index is -3.03. The van der Waals surface area contributed by atoms with Gasteiger partial charge in [-0.1, -0.05) is 38.1 Å². The molecule has 4 nitrogen and oxygen atoms in total. The number of aliphatic hydroxyl groups excluding tert-OH is 1. The highest BCUT2D eigenvalue weighted by atomic mass is 32.2. The SMILES string of the molecule is CC(C)(CS(C)(=O)=O)c1ccc(C(N)CO)cc1. The van der Waals surface area contributed by atoms with Crippen molar-refractivity contribution >= 4 is 9.84 Å². The van der Waals surface area contributed by atoms with Crippen LogP contribution in [-0.4, -0.2) is 32.1 Å². The Morgan fingerprint density at radius 1 is 1.28 bits per heavy atom. The number of benzene rings is 1. The molecule has 0 radical (unpaired) electrons. The fraction of sp³-hybridized carbons (Fsp3) is 0.538. The van der Waals surface area contributed by atoms with Gasteiger partial charge in [0.05, 0.1) is 18.4 Å². The molecule has 0 aliphatic carbocycles. The average Bonchev–Trinajstić information content (AvgIpc) is 2.25. The number of sulfone groups is 1. The summed E-state index contributed by atoms with van der Waals surface area (Å²) < 4.78 is 22.8. The molecule has 0 aliphatic rings. The molecule has 0 heterocycles. The van der Waals surface area contributed by atoms with Gasteiger partial charge in [0.15, 0.2) is 0 Å². The first kappa shape index (κ1) is 15.1. The van der Waals surface area contributed by atoms with Crippen LogP contribution in [0.4, 0.5) is 0 Å². The molecule has 102 valence electrons. The molecule has 0 bridgehead atoms. The Bertz CT molecular complexity index is 491. The lowest BCUT2D eigenvalue weighted by Gasteiger charge is -2.24. The van der Waals surface area contributed by atoms with E-state index in [-0.39, 0.29) is 12.4 Å². The largest absolute Gasteiger partial charge is 0.394 e. The van der Waals surface area contributed by atoms with Crippen molar-refractivity contribution in [1.82, 2.24) is 0 Å². The van der Waals surface area contributed by atoms with Gasteiger partial charge in [-0.2, -0.15) is 0 Å². The zero-order valence-electron chi connectivity index (χ0n) is 11.1. The van der Waals surface area contributed by atoms with Gasteiger partial charge in [-0.3, -0.25) is 0 Å². The highest BCUT2D eigenvalue weighted by molar-refractivity contribution is 7.90. The van der Waals surface area contributed by atoms with Crippen molar-refractivity contribution in [3.63, 3.8) is 0 Å². The van der Waals surface area contributed by atoms with Crippen LogP contribution < -0.4 is 5.73 Å². The van der Waals surface area contributed by atoms with E-state index < -0.39 is 21.3 Å². The van der Waals surface area contributed by atoms with Crippen LogP contribution in [-0.2, 0) is 15.3 Å². The van der Waals surface area contributed by atoms with Crippen molar-refractivity contribution in [2.45, 2.75) is 25.3 Å². The lowest BCUT2D eigenvalue weighted by Crippen LogP contribution is -2.27. The topological polar surface area (TPSA) is 80.4 Å². The van der Waals surface area contributed by atoms with Crippen molar-refractivity contribution in [3.8, 4) is 0 Å². The van der Waals surface area contributed by atoms with E-state index in [9.17, 15) is 8.42 Å².